The summed E-state index contributed by atoms with van der Waals surface area (Å²) in [7, 11) is 0. The minimum atomic E-state index is -0.0465. The number of benzene rings is 9. The largest absolute Gasteiger partial charge is 0.309 e. The molecule has 0 aliphatic heterocycles. The number of para-hydroxylation sites is 1. The summed E-state index contributed by atoms with van der Waals surface area (Å²) >= 11 is 1.77. The molecule has 0 N–H and O–H groups in total. The molecule has 0 saturated carbocycles. The van der Waals surface area contributed by atoms with E-state index in [9.17, 15) is 0 Å². The number of nitrogens with zero attached hydrogens (tertiary/aromatic N) is 2. The van der Waals surface area contributed by atoms with E-state index in [-0.39, 0.29) is 5.41 Å². The van der Waals surface area contributed by atoms with Crippen molar-refractivity contribution >= 4 is 60.2 Å². The Morgan fingerprint density at radius 2 is 1.07 bits per heavy atom. The average molecular weight is 747 g/mol. The summed E-state index contributed by atoms with van der Waals surface area (Å²) in [4.78, 5) is 7.88. The zero-order valence-corrected chi connectivity index (χ0v) is 32.6. The van der Waals surface area contributed by atoms with Crippen molar-refractivity contribution in [2.24, 2.45) is 0 Å². The van der Waals surface area contributed by atoms with Crippen LogP contribution in [-0.2, 0) is 5.41 Å². The zero-order valence-electron chi connectivity index (χ0n) is 31.8. The van der Waals surface area contributed by atoms with Gasteiger partial charge in [-0.25, -0.2) is 4.98 Å². The van der Waals surface area contributed by atoms with E-state index < -0.39 is 0 Å². The molecule has 0 radical (unpaired) electrons. The Bertz CT molecular complexity index is 3120. The fourth-order valence-electron chi connectivity index (χ4n) is 9.05. The van der Waals surface area contributed by atoms with Gasteiger partial charge in [0.15, 0.2) is 0 Å². The lowest BCUT2D eigenvalue weighted by atomic mass is 9.82. The van der Waals surface area contributed by atoms with E-state index in [1.54, 1.807) is 11.3 Å². The summed E-state index contributed by atoms with van der Waals surface area (Å²) in [6.45, 7) is 4.70. The Morgan fingerprint density at radius 3 is 1.88 bits per heavy atom. The second-order valence-electron chi connectivity index (χ2n) is 15.5. The van der Waals surface area contributed by atoms with Crippen molar-refractivity contribution in [1.82, 2.24) is 4.98 Å². The highest BCUT2D eigenvalue weighted by atomic mass is 32.1. The monoisotopic (exact) mass is 746 g/mol. The maximum Gasteiger partial charge on any atom is 0.124 e. The normalized spacial score (nSPS) is 12.9. The summed E-state index contributed by atoms with van der Waals surface area (Å²) in [5.74, 6) is 0. The predicted molar refractivity (Wildman–Crippen MR) is 243 cm³/mol. The van der Waals surface area contributed by atoms with Gasteiger partial charge in [0, 0.05) is 27.7 Å². The van der Waals surface area contributed by atoms with E-state index in [0.29, 0.717) is 0 Å². The fourth-order valence-corrected chi connectivity index (χ4v) is 10.1. The summed E-state index contributed by atoms with van der Waals surface area (Å²) in [6, 6.07) is 70.6. The third-order valence-electron chi connectivity index (χ3n) is 11.9. The van der Waals surface area contributed by atoms with Gasteiger partial charge in [-0.15, -0.1) is 11.3 Å². The van der Waals surface area contributed by atoms with Crippen molar-refractivity contribution < 1.29 is 0 Å². The molecule has 270 valence electrons. The Labute approximate surface area is 337 Å². The van der Waals surface area contributed by atoms with Gasteiger partial charge in [0.2, 0.25) is 0 Å². The number of hydrogen-bond donors (Lipinski definition) is 0. The number of hydrogen-bond acceptors (Lipinski definition) is 3. The molecule has 1 aliphatic carbocycles. The van der Waals surface area contributed by atoms with E-state index in [1.807, 2.05) is 0 Å². The van der Waals surface area contributed by atoms with E-state index in [2.05, 4.69) is 213 Å². The quantitative estimate of drug-likeness (QED) is 0.158. The Balaban J connectivity index is 1.10. The van der Waals surface area contributed by atoms with Gasteiger partial charge in [-0.2, -0.15) is 0 Å². The first-order valence-corrected chi connectivity index (χ1v) is 20.4. The topological polar surface area (TPSA) is 16.1 Å². The summed E-state index contributed by atoms with van der Waals surface area (Å²) in [5.41, 5.74) is 15.8. The van der Waals surface area contributed by atoms with E-state index in [4.69, 9.17) is 4.98 Å². The molecule has 0 fully saturated rings. The second kappa shape index (κ2) is 13.2. The molecule has 2 nitrogen and oxygen atoms in total. The maximum absolute atomic E-state index is 5.46. The molecule has 0 spiro atoms. The zero-order chi connectivity index (χ0) is 38.1. The van der Waals surface area contributed by atoms with E-state index >= 15 is 0 Å². The first kappa shape index (κ1) is 33.5. The van der Waals surface area contributed by atoms with Gasteiger partial charge in [-0.3, -0.25) is 0 Å². The van der Waals surface area contributed by atoms with Crippen LogP contribution in [0.3, 0.4) is 0 Å². The Morgan fingerprint density at radius 1 is 0.456 bits per heavy atom. The molecule has 11 rings (SSSR count). The minimum absolute atomic E-state index is 0.0465. The van der Waals surface area contributed by atoms with E-state index in [0.717, 1.165) is 37.8 Å². The molecule has 0 atom stereocenters. The molecular weight excluding hydrogens is 709 g/mol. The maximum atomic E-state index is 5.46. The fraction of sp³-hybridized carbons (Fsp3) is 0.0556. The standard InChI is InChI=1S/C54H38N2S/c1-54(2)47-22-12-11-20-45(47)50-43(21-13-23-48(50)54)38-28-31-41(32-29-38)56(40-17-7-4-8-18-40)49-34-46-42-19-10-9-16-37(42)30-33-44(46)51-52(49)57-53(55-51)39-26-24-36(25-27-39)35-14-5-3-6-15-35/h3-34H,1-2H3. The van der Waals surface area contributed by atoms with Crippen molar-refractivity contribution in [3.8, 4) is 44.0 Å². The van der Waals surface area contributed by atoms with Crippen LogP contribution >= 0.6 is 11.3 Å². The van der Waals surface area contributed by atoms with Crippen LogP contribution in [0.15, 0.2) is 194 Å². The van der Waals surface area contributed by atoms with Gasteiger partial charge in [0.25, 0.3) is 0 Å². The van der Waals surface area contributed by atoms with Gasteiger partial charge >= 0.3 is 0 Å². The van der Waals surface area contributed by atoms with Gasteiger partial charge in [-0.1, -0.05) is 178 Å². The van der Waals surface area contributed by atoms with Crippen molar-refractivity contribution in [1.29, 1.82) is 0 Å². The predicted octanol–water partition coefficient (Wildman–Crippen LogP) is 15.4. The van der Waals surface area contributed by atoms with Crippen LogP contribution in [0.4, 0.5) is 17.1 Å². The van der Waals surface area contributed by atoms with E-state index in [1.165, 1.54) is 66.1 Å². The molecule has 0 amide bonds. The number of aromatic nitrogens is 1. The molecule has 1 aliphatic rings. The molecule has 9 aromatic carbocycles. The molecule has 0 saturated heterocycles. The average Bonchev–Trinajstić information content (AvgIpc) is 3.82. The van der Waals surface area contributed by atoms with Crippen LogP contribution in [-0.4, -0.2) is 4.98 Å². The first-order valence-electron chi connectivity index (χ1n) is 19.6. The molecule has 0 bridgehead atoms. The second-order valence-corrected chi connectivity index (χ2v) is 16.5. The molecule has 10 aromatic rings. The van der Waals surface area contributed by atoms with Crippen LogP contribution in [0, 0.1) is 0 Å². The highest BCUT2D eigenvalue weighted by Gasteiger charge is 2.36. The number of thiazole rings is 1. The minimum Gasteiger partial charge on any atom is -0.309 e. The lowest BCUT2D eigenvalue weighted by Gasteiger charge is -2.27. The molecule has 1 heterocycles. The van der Waals surface area contributed by atoms with Crippen LogP contribution in [0.2, 0.25) is 0 Å². The van der Waals surface area contributed by atoms with Crippen molar-refractivity contribution in [2.45, 2.75) is 19.3 Å². The summed E-state index contributed by atoms with van der Waals surface area (Å²) in [5, 5.41) is 5.82. The van der Waals surface area contributed by atoms with Gasteiger partial charge in [-0.05, 0) is 91.0 Å². The van der Waals surface area contributed by atoms with Crippen LogP contribution in [0.25, 0.3) is 75.7 Å². The van der Waals surface area contributed by atoms with Gasteiger partial charge in [0.1, 0.15) is 5.01 Å². The number of fused-ring (bicyclic) bond motifs is 8. The Kier molecular flexibility index (Phi) is 7.74. The highest BCUT2D eigenvalue weighted by Crippen LogP contribution is 2.52. The smallest absolute Gasteiger partial charge is 0.124 e. The molecule has 0 unspecified atom stereocenters. The Hall–Kier alpha value is -6.81. The van der Waals surface area contributed by atoms with Crippen molar-refractivity contribution in [3.63, 3.8) is 0 Å². The number of rotatable bonds is 6. The lowest BCUT2D eigenvalue weighted by molar-refractivity contribution is 0.660. The third kappa shape index (κ3) is 5.42. The highest BCUT2D eigenvalue weighted by molar-refractivity contribution is 7.22. The lowest BCUT2D eigenvalue weighted by Crippen LogP contribution is -2.14. The number of anilines is 3. The molecule has 57 heavy (non-hydrogen) atoms. The SMILES string of the molecule is CC1(C)c2ccccc2-c2c(-c3ccc(N(c4ccccc4)c4cc5c6ccccc6ccc5c5nc(-c6ccc(-c7ccccc7)cc6)sc45)cc3)cccc21. The van der Waals surface area contributed by atoms with Crippen LogP contribution in [0.5, 0.6) is 0 Å². The first-order chi connectivity index (χ1) is 28.0. The molecular formula is C54H38N2S. The van der Waals surface area contributed by atoms with Gasteiger partial charge in [0.05, 0.1) is 15.9 Å². The van der Waals surface area contributed by atoms with Crippen LogP contribution in [0.1, 0.15) is 25.0 Å². The molecule has 1 aromatic heterocycles. The third-order valence-corrected chi connectivity index (χ3v) is 13.0. The van der Waals surface area contributed by atoms with Crippen LogP contribution < -0.4 is 4.90 Å². The van der Waals surface area contributed by atoms with Crippen molar-refractivity contribution in [2.75, 3.05) is 4.90 Å². The summed E-state index contributed by atoms with van der Waals surface area (Å²) < 4.78 is 1.16. The summed E-state index contributed by atoms with van der Waals surface area (Å²) in [6.07, 6.45) is 0. The van der Waals surface area contributed by atoms with Gasteiger partial charge < -0.3 is 4.90 Å². The molecule has 3 heteroatoms. The van der Waals surface area contributed by atoms with Crippen molar-refractivity contribution in [3.05, 3.63) is 205 Å².